The fraction of sp³-hybridized carbons (Fsp3) is 0.583. The van der Waals surface area contributed by atoms with Crippen LogP contribution in [0.25, 0.3) is 11.3 Å². The molecule has 1 aliphatic carbocycles. The first-order valence-corrected chi connectivity index (χ1v) is 11.6. The molecule has 162 valence electrons. The number of carbonyl (C=O) groups excluding carboxylic acids is 1. The van der Waals surface area contributed by atoms with Crippen molar-refractivity contribution in [1.82, 2.24) is 20.0 Å². The van der Waals surface area contributed by atoms with E-state index in [0.717, 1.165) is 68.7 Å². The molecule has 0 atom stereocenters. The number of carbonyl (C=O) groups is 1. The molecule has 2 aromatic rings. The summed E-state index contributed by atoms with van der Waals surface area (Å²) in [7, 11) is 0. The lowest BCUT2D eigenvalue weighted by atomic mass is 9.94. The van der Waals surface area contributed by atoms with Crippen molar-refractivity contribution in [3.8, 4) is 17.0 Å². The Morgan fingerprint density at radius 3 is 2.53 bits per heavy atom. The molecule has 4 rings (SSSR count). The van der Waals surface area contributed by atoms with Crippen LogP contribution < -0.4 is 4.74 Å². The van der Waals surface area contributed by atoms with E-state index in [9.17, 15) is 4.79 Å². The van der Waals surface area contributed by atoms with Crippen LogP contribution in [0, 0.1) is 0 Å². The molecule has 0 radical (unpaired) electrons. The maximum Gasteiger partial charge on any atom is 0.257 e. The summed E-state index contributed by atoms with van der Waals surface area (Å²) < 4.78 is 5.75. The van der Waals surface area contributed by atoms with Crippen molar-refractivity contribution in [3.05, 3.63) is 36.0 Å². The number of hydrogen-bond acceptors (Lipinski definition) is 4. The number of hydrogen-bond donors (Lipinski definition) is 1. The predicted molar refractivity (Wildman–Crippen MR) is 119 cm³/mol. The number of benzene rings is 1. The first kappa shape index (κ1) is 20.9. The van der Waals surface area contributed by atoms with Crippen LogP contribution in [0.4, 0.5) is 0 Å². The molecular formula is C24H34N4O2. The standard InChI is InChI=1S/C24H34N4O2/c1-2-3-17-30-21-11-9-19(10-12-21)23-22(18-25-26-23)24(29)28-15-13-27(14-16-28)20-7-5-4-6-8-20/h9-12,18,20H,2-8,13-17H2,1H3,(H,25,26). The summed E-state index contributed by atoms with van der Waals surface area (Å²) in [6.45, 7) is 6.44. The first-order chi connectivity index (χ1) is 14.8. The Morgan fingerprint density at radius 1 is 1.10 bits per heavy atom. The van der Waals surface area contributed by atoms with Gasteiger partial charge >= 0.3 is 0 Å². The van der Waals surface area contributed by atoms with Gasteiger partial charge in [-0.25, -0.2) is 0 Å². The van der Waals surface area contributed by atoms with E-state index in [4.69, 9.17) is 4.74 Å². The van der Waals surface area contributed by atoms with E-state index in [2.05, 4.69) is 22.0 Å². The average molecular weight is 411 g/mol. The number of amides is 1. The Labute approximate surface area is 179 Å². The van der Waals surface area contributed by atoms with Gasteiger partial charge in [-0.05, 0) is 43.5 Å². The summed E-state index contributed by atoms with van der Waals surface area (Å²) in [5, 5.41) is 7.20. The SMILES string of the molecule is CCCCOc1ccc(-c2[nH]ncc2C(=O)N2CCN(C3CCCCC3)CC2)cc1. The number of H-pyrrole nitrogens is 1. The lowest BCUT2D eigenvalue weighted by Crippen LogP contribution is -2.52. The van der Waals surface area contributed by atoms with E-state index >= 15 is 0 Å². The van der Waals surface area contributed by atoms with E-state index in [-0.39, 0.29) is 5.91 Å². The van der Waals surface area contributed by atoms with Gasteiger partial charge in [0, 0.05) is 37.8 Å². The summed E-state index contributed by atoms with van der Waals surface area (Å²) in [5.74, 6) is 0.934. The van der Waals surface area contributed by atoms with Crippen molar-refractivity contribution in [2.75, 3.05) is 32.8 Å². The molecule has 0 unspecified atom stereocenters. The Bertz CT molecular complexity index is 803. The van der Waals surface area contributed by atoms with Gasteiger partial charge in [-0.3, -0.25) is 14.8 Å². The molecule has 2 heterocycles. The molecule has 0 bridgehead atoms. The summed E-state index contributed by atoms with van der Waals surface area (Å²) in [6.07, 6.45) is 10.5. The minimum absolute atomic E-state index is 0.0744. The van der Waals surface area contributed by atoms with Crippen molar-refractivity contribution in [2.45, 2.75) is 57.9 Å². The maximum atomic E-state index is 13.2. The molecule has 6 heteroatoms. The number of rotatable bonds is 7. The highest BCUT2D eigenvalue weighted by Gasteiger charge is 2.29. The largest absolute Gasteiger partial charge is 0.494 e. The highest BCUT2D eigenvalue weighted by Crippen LogP contribution is 2.27. The molecular weight excluding hydrogens is 376 g/mol. The third kappa shape index (κ3) is 4.86. The van der Waals surface area contributed by atoms with E-state index in [1.165, 1.54) is 32.1 Å². The topological polar surface area (TPSA) is 61.5 Å². The maximum absolute atomic E-state index is 13.2. The zero-order chi connectivity index (χ0) is 20.8. The van der Waals surface area contributed by atoms with Gasteiger partial charge in [-0.15, -0.1) is 0 Å². The van der Waals surface area contributed by atoms with Crippen molar-refractivity contribution < 1.29 is 9.53 Å². The van der Waals surface area contributed by atoms with Gasteiger partial charge in [0.25, 0.3) is 5.91 Å². The molecule has 1 aromatic heterocycles. The second-order valence-electron chi connectivity index (χ2n) is 8.51. The highest BCUT2D eigenvalue weighted by atomic mass is 16.5. The van der Waals surface area contributed by atoms with Crippen molar-refractivity contribution in [3.63, 3.8) is 0 Å². The molecule has 2 fully saturated rings. The Balaban J connectivity index is 1.37. The predicted octanol–water partition coefficient (Wildman–Crippen LogP) is 4.35. The Kier molecular flexibility index (Phi) is 7.05. The summed E-state index contributed by atoms with van der Waals surface area (Å²) in [5.41, 5.74) is 2.40. The van der Waals surface area contributed by atoms with E-state index < -0.39 is 0 Å². The molecule has 0 spiro atoms. The quantitative estimate of drug-likeness (QED) is 0.690. The number of ether oxygens (including phenoxy) is 1. The third-order valence-electron chi connectivity index (χ3n) is 6.47. The van der Waals surface area contributed by atoms with Gasteiger partial charge in [0.05, 0.1) is 24.1 Å². The van der Waals surface area contributed by atoms with Crippen LogP contribution >= 0.6 is 0 Å². The summed E-state index contributed by atoms with van der Waals surface area (Å²) >= 11 is 0. The minimum Gasteiger partial charge on any atom is -0.494 e. The molecule has 1 amide bonds. The average Bonchev–Trinajstić information content (AvgIpc) is 3.30. The van der Waals surface area contributed by atoms with Crippen molar-refractivity contribution >= 4 is 5.91 Å². The number of aromatic nitrogens is 2. The number of aromatic amines is 1. The van der Waals surface area contributed by atoms with Gasteiger partial charge in [0.15, 0.2) is 0 Å². The zero-order valence-electron chi connectivity index (χ0n) is 18.1. The van der Waals surface area contributed by atoms with Crippen molar-refractivity contribution in [2.24, 2.45) is 0 Å². The lowest BCUT2D eigenvalue weighted by Gasteiger charge is -2.40. The molecule has 30 heavy (non-hydrogen) atoms. The lowest BCUT2D eigenvalue weighted by molar-refractivity contribution is 0.0524. The van der Waals surface area contributed by atoms with Crippen LogP contribution in [0.5, 0.6) is 5.75 Å². The molecule has 1 N–H and O–H groups in total. The third-order valence-corrected chi connectivity index (χ3v) is 6.47. The molecule has 1 aromatic carbocycles. The van der Waals surface area contributed by atoms with Gasteiger partial charge in [-0.2, -0.15) is 5.10 Å². The fourth-order valence-corrected chi connectivity index (χ4v) is 4.63. The van der Waals surface area contributed by atoms with Crippen LogP contribution in [-0.4, -0.2) is 64.7 Å². The smallest absolute Gasteiger partial charge is 0.257 e. The van der Waals surface area contributed by atoms with E-state index in [1.54, 1.807) is 6.20 Å². The van der Waals surface area contributed by atoms with Gasteiger partial charge in [-0.1, -0.05) is 32.6 Å². The van der Waals surface area contributed by atoms with E-state index in [0.29, 0.717) is 5.56 Å². The molecule has 6 nitrogen and oxygen atoms in total. The van der Waals surface area contributed by atoms with Gasteiger partial charge in [0.2, 0.25) is 0 Å². The highest BCUT2D eigenvalue weighted by molar-refractivity contribution is 5.99. The minimum atomic E-state index is 0.0744. The normalized spacial score (nSPS) is 18.5. The summed E-state index contributed by atoms with van der Waals surface area (Å²) in [4.78, 5) is 17.8. The number of unbranched alkanes of at least 4 members (excludes halogenated alkanes) is 1. The fourth-order valence-electron chi connectivity index (χ4n) is 4.63. The molecule has 1 saturated carbocycles. The second-order valence-corrected chi connectivity index (χ2v) is 8.51. The first-order valence-electron chi connectivity index (χ1n) is 11.6. The summed E-state index contributed by atoms with van der Waals surface area (Å²) in [6, 6.07) is 8.63. The monoisotopic (exact) mass is 410 g/mol. The molecule has 1 aliphatic heterocycles. The zero-order valence-corrected chi connectivity index (χ0v) is 18.1. The van der Waals surface area contributed by atoms with Crippen molar-refractivity contribution in [1.29, 1.82) is 0 Å². The van der Waals surface area contributed by atoms with Crippen LogP contribution in [0.15, 0.2) is 30.5 Å². The van der Waals surface area contributed by atoms with E-state index in [1.807, 2.05) is 29.2 Å². The second kappa shape index (κ2) is 10.1. The number of nitrogens with one attached hydrogen (secondary N) is 1. The van der Waals surface area contributed by atoms with Crippen LogP contribution in [0.3, 0.4) is 0 Å². The number of nitrogens with zero attached hydrogens (tertiary/aromatic N) is 3. The van der Waals surface area contributed by atoms with Gasteiger partial charge in [0.1, 0.15) is 5.75 Å². The van der Waals surface area contributed by atoms with Crippen LogP contribution in [0.1, 0.15) is 62.2 Å². The molecule has 1 saturated heterocycles. The Morgan fingerprint density at radius 2 is 1.83 bits per heavy atom. The van der Waals surface area contributed by atoms with Crippen LogP contribution in [-0.2, 0) is 0 Å². The Hall–Kier alpha value is -2.34. The number of piperazine rings is 1. The van der Waals surface area contributed by atoms with Crippen LogP contribution in [0.2, 0.25) is 0 Å². The molecule has 2 aliphatic rings. The van der Waals surface area contributed by atoms with Gasteiger partial charge < -0.3 is 9.64 Å².